The number of halogens is 1. The number of carbonyl (C=O) groups excluding carboxylic acids is 2. The molecule has 2 heterocycles. The Morgan fingerprint density at radius 2 is 1.86 bits per heavy atom. The van der Waals surface area contributed by atoms with E-state index >= 15 is 0 Å². The van der Waals surface area contributed by atoms with Crippen LogP contribution < -0.4 is 0 Å². The van der Waals surface area contributed by atoms with Crippen LogP contribution >= 0.6 is 11.8 Å². The molecule has 2 fully saturated rings. The number of imide groups is 1. The Morgan fingerprint density at radius 1 is 1.19 bits per heavy atom. The van der Waals surface area contributed by atoms with Gasteiger partial charge < -0.3 is 0 Å². The highest BCUT2D eigenvalue weighted by atomic mass is 32.2. The van der Waals surface area contributed by atoms with Crippen LogP contribution in [0.5, 0.6) is 0 Å². The molecule has 0 aliphatic carbocycles. The third-order valence-corrected chi connectivity index (χ3v) is 6.13. The summed E-state index contributed by atoms with van der Waals surface area (Å²) in [7, 11) is -3.93. The van der Waals surface area contributed by atoms with Crippen LogP contribution in [0.1, 0.15) is 0 Å². The van der Waals surface area contributed by atoms with Crippen molar-refractivity contribution in [1.29, 1.82) is 0 Å². The van der Waals surface area contributed by atoms with Gasteiger partial charge in [-0.3, -0.25) is 14.5 Å². The summed E-state index contributed by atoms with van der Waals surface area (Å²) < 4.78 is 39.2. The van der Waals surface area contributed by atoms with Crippen LogP contribution in [0.4, 0.5) is 9.18 Å². The molecule has 9 heteroatoms. The van der Waals surface area contributed by atoms with Crippen molar-refractivity contribution in [2.24, 2.45) is 0 Å². The fourth-order valence-corrected chi connectivity index (χ4v) is 4.64. The fraction of sp³-hybridized carbons (Fsp3) is 0.333. The zero-order chi connectivity index (χ0) is 15.2. The maximum atomic E-state index is 13.6. The van der Waals surface area contributed by atoms with E-state index in [-0.39, 0.29) is 30.0 Å². The van der Waals surface area contributed by atoms with Crippen molar-refractivity contribution in [3.8, 4) is 0 Å². The second-order valence-corrected chi connectivity index (χ2v) is 7.56. The fourth-order valence-electron chi connectivity index (χ4n) is 2.29. The molecule has 0 atom stereocenters. The van der Waals surface area contributed by atoms with Crippen molar-refractivity contribution in [1.82, 2.24) is 9.21 Å². The van der Waals surface area contributed by atoms with E-state index in [1.54, 1.807) is 0 Å². The van der Waals surface area contributed by atoms with Gasteiger partial charge in [0.25, 0.3) is 5.24 Å². The van der Waals surface area contributed by atoms with Crippen LogP contribution in [0.25, 0.3) is 0 Å². The molecular formula is C12H11FN2O4S2. The zero-order valence-electron chi connectivity index (χ0n) is 10.7. The maximum absolute atomic E-state index is 13.6. The Labute approximate surface area is 125 Å². The Balaban J connectivity index is 1.75. The quantitative estimate of drug-likeness (QED) is 0.823. The van der Waals surface area contributed by atoms with E-state index in [0.29, 0.717) is 0 Å². The van der Waals surface area contributed by atoms with Crippen LogP contribution in [0.2, 0.25) is 0 Å². The van der Waals surface area contributed by atoms with Crippen LogP contribution in [0, 0.1) is 5.82 Å². The summed E-state index contributed by atoms with van der Waals surface area (Å²) in [6.07, 6.45) is 0. The summed E-state index contributed by atoms with van der Waals surface area (Å²) in [4.78, 5) is 23.8. The molecule has 112 valence electrons. The molecule has 0 spiro atoms. The number of rotatable bonds is 3. The van der Waals surface area contributed by atoms with Crippen molar-refractivity contribution in [2.75, 3.05) is 18.8 Å². The molecule has 0 bridgehead atoms. The van der Waals surface area contributed by atoms with Gasteiger partial charge in [0.15, 0.2) is 0 Å². The van der Waals surface area contributed by atoms with Gasteiger partial charge in [0.05, 0.1) is 11.8 Å². The predicted octanol–water partition coefficient (Wildman–Crippen LogP) is 0.894. The molecule has 2 aliphatic rings. The second kappa shape index (κ2) is 5.08. The van der Waals surface area contributed by atoms with Gasteiger partial charge in [-0.05, 0) is 12.1 Å². The number of amides is 2. The first-order valence-electron chi connectivity index (χ1n) is 6.15. The summed E-state index contributed by atoms with van der Waals surface area (Å²) in [5, 5.41) is -0.354. The molecular weight excluding hydrogens is 319 g/mol. The summed E-state index contributed by atoms with van der Waals surface area (Å²) in [5.74, 6) is -1.03. The average Bonchev–Trinajstić information content (AvgIpc) is 2.69. The first-order chi connectivity index (χ1) is 9.91. The molecule has 6 nitrogen and oxygen atoms in total. The SMILES string of the molecule is O=C1CSC(=O)N1C1CN(S(=O)(=O)c2ccccc2F)C1. The smallest absolute Gasteiger partial charge is 0.273 e. The molecule has 3 rings (SSSR count). The second-order valence-electron chi connectivity index (χ2n) is 4.72. The Morgan fingerprint density at radius 3 is 2.43 bits per heavy atom. The Bertz CT molecular complexity index is 700. The highest BCUT2D eigenvalue weighted by Gasteiger charge is 2.46. The van der Waals surface area contributed by atoms with E-state index in [0.717, 1.165) is 27.0 Å². The van der Waals surface area contributed by atoms with Gasteiger partial charge in [-0.1, -0.05) is 23.9 Å². The lowest BCUT2D eigenvalue weighted by Gasteiger charge is -2.41. The average molecular weight is 330 g/mol. The number of thioether (sulfide) groups is 1. The highest BCUT2D eigenvalue weighted by molar-refractivity contribution is 8.14. The van der Waals surface area contributed by atoms with Crippen LogP contribution in [0.15, 0.2) is 29.2 Å². The van der Waals surface area contributed by atoms with Crippen molar-refractivity contribution < 1.29 is 22.4 Å². The van der Waals surface area contributed by atoms with Crippen molar-refractivity contribution >= 4 is 32.9 Å². The summed E-state index contributed by atoms with van der Waals surface area (Å²) >= 11 is 0.908. The van der Waals surface area contributed by atoms with Crippen LogP contribution in [-0.2, 0) is 14.8 Å². The highest BCUT2D eigenvalue weighted by Crippen LogP contribution is 2.30. The minimum atomic E-state index is -3.93. The topological polar surface area (TPSA) is 74.8 Å². The monoisotopic (exact) mass is 330 g/mol. The third kappa shape index (κ3) is 2.34. The molecule has 0 saturated carbocycles. The molecule has 1 aromatic carbocycles. The van der Waals surface area contributed by atoms with Crippen molar-refractivity contribution in [3.63, 3.8) is 0 Å². The molecule has 21 heavy (non-hydrogen) atoms. The third-order valence-electron chi connectivity index (χ3n) is 3.43. The number of carbonyl (C=O) groups is 2. The van der Waals surface area contributed by atoms with Crippen LogP contribution in [-0.4, -0.2) is 53.7 Å². The van der Waals surface area contributed by atoms with Crippen LogP contribution in [0.3, 0.4) is 0 Å². The number of sulfonamides is 1. The van der Waals surface area contributed by atoms with Gasteiger partial charge >= 0.3 is 0 Å². The van der Waals surface area contributed by atoms with Gasteiger partial charge in [0.1, 0.15) is 10.7 Å². The molecule has 1 aromatic rings. The molecule has 2 saturated heterocycles. The lowest BCUT2D eigenvalue weighted by molar-refractivity contribution is -0.127. The van der Waals surface area contributed by atoms with Gasteiger partial charge in [-0.15, -0.1) is 0 Å². The zero-order valence-corrected chi connectivity index (χ0v) is 12.4. The Hall–Kier alpha value is -1.45. The first kappa shape index (κ1) is 14.5. The number of nitrogens with zero attached hydrogens (tertiary/aromatic N) is 2. The van der Waals surface area contributed by atoms with Crippen molar-refractivity contribution in [2.45, 2.75) is 10.9 Å². The lowest BCUT2D eigenvalue weighted by Crippen LogP contribution is -2.61. The molecule has 0 unspecified atom stereocenters. The number of hydrogen-bond acceptors (Lipinski definition) is 5. The van der Waals surface area contributed by atoms with E-state index in [1.165, 1.54) is 18.2 Å². The standard InChI is InChI=1S/C12H11FN2O4S2/c13-9-3-1-2-4-10(9)21(18,19)14-5-8(6-14)15-11(16)7-20-12(15)17/h1-4,8H,5-7H2. The number of hydrogen-bond donors (Lipinski definition) is 0. The minimum Gasteiger partial charge on any atom is -0.273 e. The normalized spacial score (nSPS) is 20.9. The van der Waals surface area contributed by atoms with Gasteiger partial charge in [0, 0.05) is 13.1 Å². The van der Waals surface area contributed by atoms with Crippen molar-refractivity contribution in [3.05, 3.63) is 30.1 Å². The Kier molecular flexibility index (Phi) is 3.50. The molecule has 0 N–H and O–H groups in total. The van der Waals surface area contributed by atoms with Gasteiger partial charge in [0.2, 0.25) is 15.9 Å². The summed E-state index contributed by atoms with van der Waals surface area (Å²) in [6.45, 7) is 0.0173. The van der Waals surface area contributed by atoms with E-state index in [1.807, 2.05) is 0 Å². The van der Waals surface area contributed by atoms with E-state index in [2.05, 4.69) is 0 Å². The van der Waals surface area contributed by atoms with E-state index in [9.17, 15) is 22.4 Å². The van der Waals surface area contributed by atoms with E-state index in [4.69, 9.17) is 0 Å². The summed E-state index contributed by atoms with van der Waals surface area (Å²) in [5.41, 5.74) is 0. The summed E-state index contributed by atoms with van der Waals surface area (Å²) in [6, 6.07) is 4.67. The molecule has 0 aromatic heterocycles. The molecule has 0 radical (unpaired) electrons. The van der Waals surface area contributed by atoms with E-state index < -0.39 is 26.8 Å². The first-order valence-corrected chi connectivity index (χ1v) is 8.57. The maximum Gasteiger partial charge on any atom is 0.289 e. The van der Waals surface area contributed by atoms with Gasteiger partial charge in [-0.2, -0.15) is 4.31 Å². The number of benzene rings is 1. The molecule has 2 aliphatic heterocycles. The lowest BCUT2D eigenvalue weighted by atomic mass is 10.1. The van der Waals surface area contributed by atoms with Gasteiger partial charge in [-0.25, -0.2) is 12.8 Å². The largest absolute Gasteiger partial charge is 0.289 e. The minimum absolute atomic E-state index is 0.00864. The predicted molar refractivity (Wildman–Crippen MR) is 73.6 cm³/mol. The molecule has 2 amide bonds.